The molecule has 1 atom stereocenters. The molecule has 1 aliphatic rings. The van der Waals surface area contributed by atoms with Gasteiger partial charge in [0.05, 0.1) is 11.0 Å². The van der Waals surface area contributed by atoms with E-state index in [1.54, 1.807) is 19.1 Å². The fraction of sp³-hybridized carbons (Fsp3) is 0.222. The van der Waals surface area contributed by atoms with Gasteiger partial charge in [-0.05, 0) is 58.6 Å². The fourth-order valence-electron chi connectivity index (χ4n) is 2.98. The Morgan fingerprint density at radius 3 is 2.58 bits per heavy atom. The van der Waals surface area contributed by atoms with Gasteiger partial charge in [0.2, 0.25) is 0 Å². The number of halogens is 2. The van der Waals surface area contributed by atoms with Crippen LogP contribution in [-0.4, -0.2) is 16.8 Å². The molecule has 6 heteroatoms. The van der Waals surface area contributed by atoms with Gasteiger partial charge in [0, 0.05) is 0 Å². The summed E-state index contributed by atoms with van der Waals surface area (Å²) in [4.78, 5) is 26.4. The van der Waals surface area contributed by atoms with Crippen LogP contribution in [0.25, 0.3) is 0 Å². The van der Waals surface area contributed by atoms with E-state index in [-0.39, 0.29) is 18.3 Å². The van der Waals surface area contributed by atoms with E-state index >= 15 is 0 Å². The first-order valence-corrected chi connectivity index (χ1v) is 8.26. The standard InChI is InChI=1S/C18H16BrFN2O2/c1-11-5-3-4-6-13(11)18(2)16(23)22(17(24)21-18)10-12-7-8-15(20)14(19)9-12/h3-9H,10H2,1-2H3,(H,21,24). The first-order chi connectivity index (χ1) is 11.3. The predicted molar refractivity (Wildman–Crippen MR) is 91.7 cm³/mol. The van der Waals surface area contributed by atoms with Crippen molar-refractivity contribution in [3.63, 3.8) is 0 Å². The quantitative estimate of drug-likeness (QED) is 0.808. The number of benzene rings is 2. The third kappa shape index (κ3) is 2.71. The summed E-state index contributed by atoms with van der Waals surface area (Å²) >= 11 is 3.12. The Kier molecular flexibility index (Phi) is 4.17. The minimum absolute atomic E-state index is 0.0883. The van der Waals surface area contributed by atoms with Gasteiger partial charge < -0.3 is 5.32 Å². The Morgan fingerprint density at radius 2 is 1.92 bits per heavy atom. The lowest BCUT2D eigenvalue weighted by atomic mass is 9.88. The number of hydrogen-bond donors (Lipinski definition) is 1. The second-order valence-corrected chi connectivity index (χ2v) is 6.86. The van der Waals surface area contributed by atoms with Crippen molar-refractivity contribution in [2.45, 2.75) is 25.9 Å². The highest BCUT2D eigenvalue weighted by Gasteiger charge is 2.49. The summed E-state index contributed by atoms with van der Waals surface area (Å²) in [5, 5.41) is 2.79. The van der Waals surface area contributed by atoms with Crippen LogP contribution in [0.1, 0.15) is 23.6 Å². The maximum Gasteiger partial charge on any atom is 0.325 e. The Morgan fingerprint density at radius 1 is 1.21 bits per heavy atom. The molecular formula is C18H16BrFN2O2. The second-order valence-electron chi connectivity index (χ2n) is 6.01. The Bertz CT molecular complexity index is 840. The summed E-state index contributed by atoms with van der Waals surface area (Å²) in [6.45, 7) is 3.70. The van der Waals surface area contributed by atoms with Crippen molar-refractivity contribution in [2.75, 3.05) is 0 Å². The fourth-order valence-corrected chi connectivity index (χ4v) is 3.40. The minimum atomic E-state index is -1.10. The molecule has 1 N–H and O–H groups in total. The van der Waals surface area contributed by atoms with Crippen LogP contribution in [-0.2, 0) is 16.9 Å². The van der Waals surface area contributed by atoms with Crippen LogP contribution in [0.5, 0.6) is 0 Å². The van der Waals surface area contributed by atoms with Gasteiger partial charge >= 0.3 is 6.03 Å². The van der Waals surface area contributed by atoms with E-state index in [4.69, 9.17) is 0 Å². The lowest BCUT2D eigenvalue weighted by Crippen LogP contribution is -2.41. The normalized spacial score (nSPS) is 20.4. The van der Waals surface area contributed by atoms with E-state index in [1.165, 1.54) is 6.07 Å². The lowest BCUT2D eigenvalue weighted by Gasteiger charge is -2.24. The molecule has 0 spiro atoms. The zero-order valence-corrected chi connectivity index (χ0v) is 14.9. The molecule has 1 saturated heterocycles. The van der Waals surface area contributed by atoms with Gasteiger partial charge in [-0.15, -0.1) is 0 Å². The van der Waals surface area contributed by atoms with Crippen molar-refractivity contribution < 1.29 is 14.0 Å². The van der Waals surface area contributed by atoms with Crippen molar-refractivity contribution in [1.29, 1.82) is 0 Å². The smallest absolute Gasteiger partial charge is 0.319 e. The predicted octanol–water partition coefficient (Wildman–Crippen LogP) is 3.86. The average Bonchev–Trinajstić information content (AvgIpc) is 2.75. The summed E-state index contributed by atoms with van der Waals surface area (Å²) in [5.74, 6) is -0.706. The van der Waals surface area contributed by atoms with Gasteiger partial charge in [-0.2, -0.15) is 0 Å². The van der Waals surface area contributed by atoms with Crippen molar-refractivity contribution in [3.05, 3.63) is 69.4 Å². The van der Waals surface area contributed by atoms with E-state index in [1.807, 2.05) is 31.2 Å². The lowest BCUT2D eigenvalue weighted by molar-refractivity contribution is -0.131. The number of carbonyl (C=O) groups is 2. The summed E-state index contributed by atoms with van der Waals surface area (Å²) in [5.41, 5.74) is 1.27. The summed E-state index contributed by atoms with van der Waals surface area (Å²) in [6, 6.07) is 11.4. The van der Waals surface area contributed by atoms with E-state index < -0.39 is 11.6 Å². The number of hydrogen-bond acceptors (Lipinski definition) is 2. The zero-order chi connectivity index (χ0) is 17.5. The first-order valence-electron chi connectivity index (χ1n) is 7.47. The molecule has 0 aromatic heterocycles. The highest BCUT2D eigenvalue weighted by atomic mass is 79.9. The number of amides is 3. The second kappa shape index (κ2) is 6.02. The van der Waals surface area contributed by atoms with Crippen molar-refractivity contribution in [2.24, 2.45) is 0 Å². The maximum atomic E-state index is 13.3. The average molecular weight is 391 g/mol. The van der Waals surface area contributed by atoms with E-state index in [2.05, 4.69) is 21.2 Å². The summed E-state index contributed by atoms with van der Waals surface area (Å²) in [6.07, 6.45) is 0. The SMILES string of the molecule is Cc1ccccc1C1(C)NC(=O)N(Cc2ccc(F)c(Br)c2)C1=O. The largest absolute Gasteiger partial charge is 0.325 e. The molecule has 4 nitrogen and oxygen atoms in total. The third-order valence-electron chi connectivity index (χ3n) is 4.28. The molecule has 1 unspecified atom stereocenters. The molecule has 124 valence electrons. The molecule has 0 radical (unpaired) electrons. The summed E-state index contributed by atoms with van der Waals surface area (Å²) < 4.78 is 13.6. The number of imide groups is 1. The highest BCUT2D eigenvalue weighted by Crippen LogP contribution is 2.32. The van der Waals surface area contributed by atoms with Gasteiger partial charge in [0.25, 0.3) is 5.91 Å². The van der Waals surface area contributed by atoms with Gasteiger partial charge in [-0.3, -0.25) is 9.69 Å². The van der Waals surface area contributed by atoms with Crippen LogP contribution in [0.2, 0.25) is 0 Å². The first kappa shape index (κ1) is 16.6. The van der Waals surface area contributed by atoms with Crippen molar-refractivity contribution in [1.82, 2.24) is 10.2 Å². The zero-order valence-electron chi connectivity index (χ0n) is 13.3. The molecule has 1 aliphatic heterocycles. The van der Waals surface area contributed by atoms with E-state index in [9.17, 15) is 14.0 Å². The molecule has 2 aromatic rings. The molecule has 0 saturated carbocycles. The van der Waals surface area contributed by atoms with Crippen LogP contribution in [0.4, 0.5) is 9.18 Å². The Labute approximate surface area is 147 Å². The summed E-state index contributed by atoms with van der Waals surface area (Å²) in [7, 11) is 0. The molecule has 3 rings (SSSR count). The van der Waals surface area contributed by atoms with Crippen LogP contribution in [0.3, 0.4) is 0 Å². The van der Waals surface area contributed by atoms with Gasteiger partial charge in [0.1, 0.15) is 11.4 Å². The number of aryl methyl sites for hydroxylation is 1. The van der Waals surface area contributed by atoms with Crippen LogP contribution < -0.4 is 5.32 Å². The van der Waals surface area contributed by atoms with Crippen LogP contribution in [0.15, 0.2) is 46.9 Å². The molecule has 0 bridgehead atoms. The van der Waals surface area contributed by atoms with Gasteiger partial charge in [0.15, 0.2) is 0 Å². The van der Waals surface area contributed by atoms with Crippen molar-refractivity contribution >= 4 is 27.9 Å². The van der Waals surface area contributed by atoms with Crippen LogP contribution in [0, 0.1) is 12.7 Å². The Hall–Kier alpha value is -2.21. The van der Waals surface area contributed by atoms with Gasteiger partial charge in [-0.25, -0.2) is 9.18 Å². The molecule has 0 aliphatic carbocycles. The number of urea groups is 1. The highest BCUT2D eigenvalue weighted by molar-refractivity contribution is 9.10. The van der Waals surface area contributed by atoms with Gasteiger partial charge in [-0.1, -0.05) is 30.3 Å². The third-order valence-corrected chi connectivity index (χ3v) is 4.89. The molecule has 24 heavy (non-hydrogen) atoms. The molecular weight excluding hydrogens is 375 g/mol. The number of nitrogens with one attached hydrogen (secondary N) is 1. The van der Waals surface area contributed by atoms with Crippen molar-refractivity contribution in [3.8, 4) is 0 Å². The topological polar surface area (TPSA) is 49.4 Å². The van der Waals surface area contributed by atoms with E-state index in [0.29, 0.717) is 10.0 Å². The number of nitrogens with zero attached hydrogens (tertiary/aromatic N) is 1. The molecule has 2 aromatic carbocycles. The van der Waals surface area contributed by atoms with Crippen LogP contribution >= 0.6 is 15.9 Å². The monoisotopic (exact) mass is 390 g/mol. The Balaban J connectivity index is 1.92. The van der Waals surface area contributed by atoms with E-state index in [0.717, 1.165) is 16.0 Å². The molecule has 1 heterocycles. The number of rotatable bonds is 3. The minimum Gasteiger partial charge on any atom is -0.319 e. The molecule has 3 amide bonds. The number of carbonyl (C=O) groups excluding carboxylic acids is 2. The maximum absolute atomic E-state index is 13.3. The molecule has 1 fully saturated rings.